The first-order valence-corrected chi connectivity index (χ1v) is 7.29. The van der Waals surface area contributed by atoms with Gasteiger partial charge in [-0.1, -0.05) is 41.7 Å². The lowest BCUT2D eigenvalue weighted by atomic mass is 9.95. The van der Waals surface area contributed by atoms with Crippen LogP contribution in [0.2, 0.25) is 0 Å². The second-order valence-electron chi connectivity index (χ2n) is 5.33. The second-order valence-corrected chi connectivity index (χ2v) is 6.36. The average Bonchev–Trinajstić information content (AvgIpc) is 2.86. The van der Waals surface area contributed by atoms with E-state index >= 15 is 0 Å². The number of aryl methyl sites for hydroxylation is 1. The van der Waals surface area contributed by atoms with Crippen LogP contribution in [0.4, 0.5) is 5.13 Å². The maximum atomic E-state index is 10.8. The van der Waals surface area contributed by atoms with Crippen molar-refractivity contribution in [1.82, 2.24) is 4.98 Å². The summed E-state index contributed by atoms with van der Waals surface area (Å²) >= 11 is 1.17. The number of carboxylic acids is 1. The summed E-state index contributed by atoms with van der Waals surface area (Å²) in [5.41, 5.74) is 1.16. The van der Waals surface area contributed by atoms with Crippen molar-refractivity contribution in [2.45, 2.75) is 32.2 Å². The van der Waals surface area contributed by atoms with Crippen LogP contribution in [0.15, 0.2) is 36.5 Å². The van der Waals surface area contributed by atoms with Gasteiger partial charge in [0, 0.05) is 5.54 Å². The van der Waals surface area contributed by atoms with E-state index in [1.165, 1.54) is 23.1 Å². The lowest BCUT2D eigenvalue weighted by molar-refractivity contribution is 0.0702. The minimum absolute atomic E-state index is 0.135. The number of carbonyl (C=O) groups is 1. The second kappa shape index (κ2) is 6.05. The van der Waals surface area contributed by atoms with Crippen molar-refractivity contribution in [2.75, 3.05) is 5.32 Å². The molecule has 4 nitrogen and oxygen atoms in total. The molecule has 2 N–H and O–H groups in total. The fraction of sp³-hybridized carbons (Fsp3) is 0.333. The van der Waals surface area contributed by atoms with E-state index in [0.717, 1.165) is 12.8 Å². The Morgan fingerprint density at radius 2 is 2.05 bits per heavy atom. The Morgan fingerprint density at radius 3 is 2.65 bits per heavy atom. The summed E-state index contributed by atoms with van der Waals surface area (Å²) < 4.78 is 0. The molecule has 1 aromatic heterocycles. The molecule has 0 saturated carbocycles. The number of nitrogens with zero attached hydrogens (tertiary/aromatic N) is 1. The first-order chi connectivity index (χ1) is 9.46. The topological polar surface area (TPSA) is 62.2 Å². The normalized spacial score (nSPS) is 11.3. The van der Waals surface area contributed by atoms with Gasteiger partial charge in [0.1, 0.15) is 4.88 Å². The van der Waals surface area contributed by atoms with Gasteiger partial charge in [-0.3, -0.25) is 0 Å². The van der Waals surface area contributed by atoms with Gasteiger partial charge in [-0.15, -0.1) is 0 Å². The summed E-state index contributed by atoms with van der Waals surface area (Å²) in [4.78, 5) is 15.2. The van der Waals surface area contributed by atoms with E-state index in [0.29, 0.717) is 5.13 Å². The molecular weight excluding hydrogens is 272 g/mol. The van der Waals surface area contributed by atoms with E-state index < -0.39 is 5.97 Å². The lowest BCUT2D eigenvalue weighted by Crippen LogP contribution is -2.31. The van der Waals surface area contributed by atoms with Gasteiger partial charge >= 0.3 is 5.97 Å². The van der Waals surface area contributed by atoms with Crippen molar-refractivity contribution in [3.63, 3.8) is 0 Å². The minimum Gasteiger partial charge on any atom is -0.477 e. The Morgan fingerprint density at radius 1 is 1.35 bits per heavy atom. The Bertz CT molecular complexity index is 579. The summed E-state index contributed by atoms with van der Waals surface area (Å²) in [6.07, 6.45) is 3.31. The number of aromatic carboxylic acids is 1. The van der Waals surface area contributed by atoms with Crippen molar-refractivity contribution in [1.29, 1.82) is 0 Å². The smallest absolute Gasteiger partial charge is 0.347 e. The van der Waals surface area contributed by atoms with Gasteiger partial charge in [0.15, 0.2) is 5.13 Å². The van der Waals surface area contributed by atoms with E-state index in [9.17, 15) is 4.79 Å². The highest BCUT2D eigenvalue weighted by Crippen LogP contribution is 2.24. The van der Waals surface area contributed by atoms with Gasteiger partial charge in [-0.05, 0) is 32.3 Å². The van der Waals surface area contributed by atoms with Crippen molar-refractivity contribution >= 4 is 22.4 Å². The Kier molecular flexibility index (Phi) is 4.39. The lowest BCUT2D eigenvalue weighted by Gasteiger charge is -2.26. The van der Waals surface area contributed by atoms with Crippen molar-refractivity contribution < 1.29 is 9.90 Å². The number of nitrogens with one attached hydrogen (secondary N) is 1. The SMILES string of the molecule is CC(C)(CCc1ccccc1)Nc1ncc(C(=O)O)s1. The number of anilines is 1. The van der Waals surface area contributed by atoms with Crippen LogP contribution in [0.1, 0.15) is 35.5 Å². The molecule has 5 heteroatoms. The predicted octanol–water partition coefficient (Wildman–Crippen LogP) is 3.66. The average molecular weight is 290 g/mol. The number of rotatable bonds is 6. The molecular formula is C15H18N2O2S. The summed E-state index contributed by atoms with van der Waals surface area (Å²) in [5, 5.41) is 12.9. The summed E-state index contributed by atoms with van der Waals surface area (Å²) in [5.74, 6) is -0.933. The Balaban J connectivity index is 1.94. The number of carboxylic acid groups (broad SMARTS) is 1. The molecule has 0 spiro atoms. The van der Waals surface area contributed by atoms with Gasteiger partial charge in [-0.25, -0.2) is 9.78 Å². The van der Waals surface area contributed by atoms with Crippen molar-refractivity contribution in [2.24, 2.45) is 0 Å². The number of aromatic nitrogens is 1. The van der Waals surface area contributed by atoms with Crippen molar-refractivity contribution in [3.05, 3.63) is 47.0 Å². The van der Waals surface area contributed by atoms with Crippen molar-refractivity contribution in [3.8, 4) is 0 Å². The number of thiazole rings is 1. The van der Waals surface area contributed by atoms with Crippen LogP contribution < -0.4 is 5.32 Å². The highest BCUT2D eigenvalue weighted by Gasteiger charge is 2.19. The Hall–Kier alpha value is -1.88. The molecule has 0 amide bonds. The van der Waals surface area contributed by atoms with Crippen LogP contribution in [-0.4, -0.2) is 21.6 Å². The van der Waals surface area contributed by atoms with E-state index in [-0.39, 0.29) is 10.4 Å². The molecule has 0 radical (unpaired) electrons. The van der Waals surface area contributed by atoms with Crippen LogP contribution in [0, 0.1) is 0 Å². The standard InChI is InChI=1S/C15H18N2O2S/c1-15(2,9-8-11-6-4-3-5-7-11)17-14-16-10-12(20-14)13(18)19/h3-7,10H,8-9H2,1-2H3,(H,16,17)(H,18,19). The summed E-state index contributed by atoms with van der Waals surface area (Å²) in [7, 11) is 0. The summed E-state index contributed by atoms with van der Waals surface area (Å²) in [6.45, 7) is 4.19. The maximum absolute atomic E-state index is 10.8. The van der Waals surface area contributed by atoms with Crippen LogP contribution >= 0.6 is 11.3 Å². The highest BCUT2D eigenvalue weighted by atomic mass is 32.1. The summed E-state index contributed by atoms with van der Waals surface area (Å²) in [6, 6.07) is 10.3. The maximum Gasteiger partial charge on any atom is 0.347 e. The molecule has 2 aromatic rings. The monoisotopic (exact) mass is 290 g/mol. The molecule has 1 aromatic carbocycles. The third kappa shape index (κ3) is 4.06. The quantitative estimate of drug-likeness (QED) is 0.852. The molecule has 0 aliphatic carbocycles. The zero-order chi connectivity index (χ0) is 14.6. The van der Waals surface area contributed by atoms with Gasteiger partial charge in [0.2, 0.25) is 0 Å². The first-order valence-electron chi connectivity index (χ1n) is 6.47. The largest absolute Gasteiger partial charge is 0.477 e. The fourth-order valence-electron chi connectivity index (χ4n) is 1.88. The van der Waals surface area contributed by atoms with Crippen LogP contribution in [0.25, 0.3) is 0 Å². The zero-order valence-electron chi connectivity index (χ0n) is 11.6. The number of hydrogen-bond donors (Lipinski definition) is 2. The third-order valence-electron chi connectivity index (χ3n) is 3.04. The highest BCUT2D eigenvalue weighted by molar-refractivity contribution is 7.17. The first kappa shape index (κ1) is 14.5. The molecule has 0 atom stereocenters. The molecule has 20 heavy (non-hydrogen) atoms. The molecule has 0 saturated heterocycles. The van der Waals surface area contributed by atoms with E-state index in [2.05, 4.69) is 36.3 Å². The molecule has 0 aliphatic rings. The minimum atomic E-state index is -0.933. The molecule has 0 unspecified atom stereocenters. The molecule has 1 heterocycles. The molecule has 0 bridgehead atoms. The zero-order valence-corrected chi connectivity index (χ0v) is 12.4. The molecule has 0 fully saturated rings. The number of hydrogen-bond acceptors (Lipinski definition) is 4. The van der Waals surface area contributed by atoms with E-state index in [1.54, 1.807) is 0 Å². The predicted molar refractivity (Wildman–Crippen MR) is 81.5 cm³/mol. The fourth-order valence-corrected chi connectivity index (χ4v) is 2.72. The number of benzene rings is 1. The van der Waals surface area contributed by atoms with Gasteiger partial charge in [-0.2, -0.15) is 0 Å². The third-order valence-corrected chi connectivity index (χ3v) is 3.94. The van der Waals surface area contributed by atoms with Gasteiger partial charge < -0.3 is 10.4 Å². The van der Waals surface area contributed by atoms with E-state index in [4.69, 9.17) is 5.11 Å². The Labute approximate surface area is 122 Å². The van der Waals surface area contributed by atoms with Crippen LogP contribution in [0.3, 0.4) is 0 Å². The van der Waals surface area contributed by atoms with Crippen LogP contribution in [-0.2, 0) is 6.42 Å². The van der Waals surface area contributed by atoms with E-state index in [1.807, 2.05) is 18.2 Å². The van der Waals surface area contributed by atoms with Crippen LogP contribution in [0.5, 0.6) is 0 Å². The van der Waals surface area contributed by atoms with Gasteiger partial charge in [0.25, 0.3) is 0 Å². The molecule has 2 rings (SSSR count). The molecule has 106 valence electrons. The molecule has 0 aliphatic heterocycles. The van der Waals surface area contributed by atoms with Gasteiger partial charge in [0.05, 0.1) is 6.20 Å².